The third-order valence-corrected chi connectivity index (χ3v) is 4.62. The molecular weight excluding hydrogens is 296 g/mol. The van der Waals surface area contributed by atoms with E-state index >= 15 is 0 Å². The Hall–Kier alpha value is -2.23. The summed E-state index contributed by atoms with van der Waals surface area (Å²) in [5.41, 5.74) is 2.03. The standard InChI is InChI=1S/C19H19F2NO/c1-19(2)11-10-16(12-6-3-4-8-14(12)19)22-18(23)13-7-5-9-15(20)17(13)21/h3-9,16H,10-11H2,1-2H3,(H,22,23). The van der Waals surface area contributed by atoms with Crippen LogP contribution in [0.1, 0.15) is 54.2 Å². The van der Waals surface area contributed by atoms with Gasteiger partial charge in [0.2, 0.25) is 0 Å². The Kier molecular flexibility index (Phi) is 3.92. The highest BCUT2D eigenvalue weighted by Crippen LogP contribution is 2.41. The summed E-state index contributed by atoms with van der Waals surface area (Å²) >= 11 is 0. The second kappa shape index (κ2) is 5.76. The van der Waals surface area contributed by atoms with Crippen molar-refractivity contribution in [1.29, 1.82) is 0 Å². The fourth-order valence-electron chi connectivity index (χ4n) is 3.28. The zero-order chi connectivity index (χ0) is 16.6. The lowest BCUT2D eigenvalue weighted by molar-refractivity contribution is 0.0924. The number of fused-ring (bicyclic) bond motifs is 1. The fourth-order valence-corrected chi connectivity index (χ4v) is 3.28. The van der Waals surface area contributed by atoms with Gasteiger partial charge in [-0.15, -0.1) is 0 Å². The van der Waals surface area contributed by atoms with E-state index in [2.05, 4.69) is 25.2 Å². The first kappa shape index (κ1) is 15.7. The van der Waals surface area contributed by atoms with Crippen LogP contribution in [0.4, 0.5) is 8.78 Å². The van der Waals surface area contributed by atoms with Crippen LogP contribution >= 0.6 is 0 Å². The summed E-state index contributed by atoms with van der Waals surface area (Å²) in [5.74, 6) is -2.70. The Balaban J connectivity index is 1.89. The zero-order valence-corrected chi connectivity index (χ0v) is 13.2. The largest absolute Gasteiger partial charge is 0.345 e. The molecule has 1 aliphatic carbocycles. The average molecular weight is 315 g/mol. The summed E-state index contributed by atoms with van der Waals surface area (Å²) in [6, 6.07) is 11.4. The lowest BCUT2D eigenvalue weighted by atomic mass is 9.71. The number of amides is 1. The Labute approximate surface area is 134 Å². The SMILES string of the molecule is CC1(C)CCC(NC(=O)c2cccc(F)c2F)c2ccccc21. The normalized spacial score (nSPS) is 19.0. The van der Waals surface area contributed by atoms with Gasteiger partial charge in [-0.1, -0.05) is 44.2 Å². The molecule has 1 atom stereocenters. The van der Waals surface area contributed by atoms with Crippen LogP contribution in [0.2, 0.25) is 0 Å². The van der Waals surface area contributed by atoms with Gasteiger partial charge in [-0.25, -0.2) is 8.78 Å². The van der Waals surface area contributed by atoms with Gasteiger partial charge in [0.05, 0.1) is 11.6 Å². The van der Waals surface area contributed by atoms with Gasteiger partial charge in [0.25, 0.3) is 5.91 Å². The quantitative estimate of drug-likeness (QED) is 0.868. The first-order chi connectivity index (χ1) is 10.9. The number of carbonyl (C=O) groups excluding carboxylic acids is 1. The molecule has 2 aromatic carbocycles. The van der Waals surface area contributed by atoms with E-state index in [-0.39, 0.29) is 17.0 Å². The van der Waals surface area contributed by atoms with Gasteiger partial charge in [0, 0.05) is 0 Å². The highest BCUT2D eigenvalue weighted by Gasteiger charge is 2.33. The van der Waals surface area contributed by atoms with Crippen LogP contribution in [0.5, 0.6) is 0 Å². The van der Waals surface area contributed by atoms with E-state index in [0.717, 1.165) is 24.5 Å². The number of benzene rings is 2. The third kappa shape index (κ3) is 2.85. The van der Waals surface area contributed by atoms with Crippen molar-refractivity contribution in [3.05, 3.63) is 70.8 Å². The van der Waals surface area contributed by atoms with E-state index in [1.54, 1.807) is 0 Å². The van der Waals surface area contributed by atoms with Gasteiger partial charge in [-0.3, -0.25) is 4.79 Å². The third-order valence-electron chi connectivity index (χ3n) is 4.62. The van der Waals surface area contributed by atoms with Gasteiger partial charge in [-0.05, 0) is 41.5 Å². The molecule has 120 valence electrons. The second-order valence-electron chi connectivity index (χ2n) is 6.64. The van der Waals surface area contributed by atoms with Crippen molar-refractivity contribution in [3.63, 3.8) is 0 Å². The maximum absolute atomic E-state index is 13.8. The minimum absolute atomic E-state index is 0.0436. The van der Waals surface area contributed by atoms with Gasteiger partial charge in [0.15, 0.2) is 11.6 Å². The number of nitrogens with one attached hydrogen (secondary N) is 1. The minimum atomic E-state index is -1.10. The van der Waals surface area contributed by atoms with E-state index in [0.29, 0.717) is 0 Å². The van der Waals surface area contributed by atoms with Gasteiger partial charge in [-0.2, -0.15) is 0 Å². The number of carbonyl (C=O) groups is 1. The molecule has 2 aromatic rings. The Bertz CT molecular complexity index is 755. The molecule has 4 heteroatoms. The first-order valence-corrected chi connectivity index (χ1v) is 7.74. The zero-order valence-electron chi connectivity index (χ0n) is 13.2. The lowest BCUT2D eigenvalue weighted by Gasteiger charge is -2.37. The van der Waals surface area contributed by atoms with Crippen molar-refractivity contribution in [3.8, 4) is 0 Å². The minimum Gasteiger partial charge on any atom is -0.345 e. The smallest absolute Gasteiger partial charge is 0.254 e. The highest BCUT2D eigenvalue weighted by atomic mass is 19.2. The number of rotatable bonds is 2. The highest BCUT2D eigenvalue weighted by molar-refractivity contribution is 5.94. The molecule has 0 bridgehead atoms. The van der Waals surface area contributed by atoms with Crippen molar-refractivity contribution in [2.75, 3.05) is 0 Å². The second-order valence-corrected chi connectivity index (χ2v) is 6.64. The molecule has 1 unspecified atom stereocenters. The number of halogens is 2. The molecule has 0 fully saturated rings. The maximum atomic E-state index is 13.8. The molecule has 0 aliphatic heterocycles. The number of hydrogen-bond donors (Lipinski definition) is 1. The topological polar surface area (TPSA) is 29.1 Å². The van der Waals surface area contributed by atoms with Gasteiger partial charge < -0.3 is 5.32 Å². The monoisotopic (exact) mass is 315 g/mol. The lowest BCUT2D eigenvalue weighted by Crippen LogP contribution is -2.36. The van der Waals surface area contributed by atoms with Crippen molar-refractivity contribution in [2.24, 2.45) is 0 Å². The Morgan fingerprint density at radius 2 is 1.87 bits per heavy atom. The van der Waals surface area contributed by atoms with Crippen LogP contribution in [-0.4, -0.2) is 5.91 Å². The van der Waals surface area contributed by atoms with E-state index in [4.69, 9.17) is 0 Å². The summed E-state index contributed by atoms with van der Waals surface area (Å²) in [4.78, 5) is 12.3. The van der Waals surface area contributed by atoms with E-state index in [1.165, 1.54) is 17.7 Å². The molecule has 2 nitrogen and oxygen atoms in total. The van der Waals surface area contributed by atoms with Crippen LogP contribution in [0.15, 0.2) is 42.5 Å². The van der Waals surface area contributed by atoms with Crippen molar-refractivity contribution in [1.82, 2.24) is 5.32 Å². The van der Waals surface area contributed by atoms with Crippen molar-refractivity contribution >= 4 is 5.91 Å². The molecule has 0 saturated heterocycles. The molecule has 0 saturated carbocycles. The maximum Gasteiger partial charge on any atom is 0.254 e. The van der Waals surface area contributed by atoms with E-state index in [1.807, 2.05) is 18.2 Å². The summed E-state index contributed by atoms with van der Waals surface area (Å²) in [6.07, 6.45) is 1.69. The van der Waals surface area contributed by atoms with Crippen LogP contribution in [0, 0.1) is 11.6 Å². The molecule has 0 aromatic heterocycles. The molecule has 1 amide bonds. The van der Waals surface area contributed by atoms with E-state index in [9.17, 15) is 13.6 Å². The molecule has 23 heavy (non-hydrogen) atoms. The molecule has 0 spiro atoms. The summed E-state index contributed by atoms with van der Waals surface area (Å²) in [7, 11) is 0. The Morgan fingerprint density at radius 1 is 1.13 bits per heavy atom. The van der Waals surface area contributed by atoms with Crippen LogP contribution < -0.4 is 5.32 Å². The average Bonchev–Trinajstić information content (AvgIpc) is 2.53. The summed E-state index contributed by atoms with van der Waals surface area (Å²) in [5, 5.41) is 2.85. The van der Waals surface area contributed by atoms with Crippen molar-refractivity contribution < 1.29 is 13.6 Å². The van der Waals surface area contributed by atoms with Crippen molar-refractivity contribution in [2.45, 2.75) is 38.1 Å². The molecule has 3 rings (SSSR count). The molecule has 1 aliphatic rings. The summed E-state index contributed by atoms with van der Waals surface area (Å²) in [6.45, 7) is 4.35. The molecular formula is C19H19F2NO. The summed E-state index contributed by atoms with van der Waals surface area (Å²) < 4.78 is 27.1. The molecule has 1 N–H and O–H groups in total. The Morgan fingerprint density at radius 3 is 2.65 bits per heavy atom. The fraction of sp³-hybridized carbons (Fsp3) is 0.316. The van der Waals surface area contributed by atoms with E-state index < -0.39 is 17.5 Å². The van der Waals surface area contributed by atoms with Gasteiger partial charge >= 0.3 is 0 Å². The van der Waals surface area contributed by atoms with Crippen LogP contribution in [0.3, 0.4) is 0 Å². The first-order valence-electron chi connectivity index (χ1n) is 7.74. The van der Waals surface area contributed by atoms with Crippen LogP contribution in [0.25, 0.3) is 0 Å². The predicted molar refractivity (Wildman–Crippen MR) is 85.3 cm³/mol. The molecule has 0 radical (unpaired) electrons. The van der Waals surface area contributed by atoms with Crippen LogP contribution in [-0.2, 0) is 5.41 Å². The number of hydrogen-bond acceptors (Lipinski definition) is 1. The molecule has 0 heterocycles. The predicted octanol–water partition coefficient (Wildman–Crippen LogP) is 4.51. The van der Waals surface area contributed by atoms with Gasteiger partial charge in [0.1, 0.15) is 0 Å².